The first-order chi connectivity index (χ1) is 13.3. The Hall–Kier alpha value is -1.76. The van der Waals surface area contributed by atoms with E-state index in [1.165, 1.54) is 88.2 Å². The van der Waals surface area contributed by atoms with E-state index in [-0.39, 0.29) is 0 Å². The van der Waals surface area contributed by atoms with E-state index in [9.17, 15) is 5.11 Å². The largest absolute Gasteiger partial charge is 0.507 e. The molecule has 0 radical (unpaired) electrons. The normalized spacial score (nSPS) is 20.1. The van der Waals surface area contributed by atoms with Crippen LogP contribution < -0.4 is 0 Å². The highest BCUT2D eigenvalue weighted by Crippen LogP contribution is 2.44. The summed E-state index contributed by atoms with van der Waals surface area (Å²) in [6.45, 7) is 0. The molecule has 2 aromatic rings. The molecule has 0 atom stereocenters. The summed E-state index contributed by atoms with van der Waals surface area (Å²) in [4.78, 5) is 0. The smallest absolute Gasteiger partial charge is 0.126 e. The monoisotopic (exact) mass is 362 g/mol. The molecular weight excluding hydrogens is 328 g/mol. The van der Waals surface area contributed by atoms with E-state index in [1.54, 1.807) is 0 Å². The topological polar surface area (TPSA) is 20.2 Å². The van der Waals surface area contributed by atoms with Crippen LogP contribution in [-0.4, -0.2) is 5.11 Å². The van der Waals surface area contributed by atoms with Gasteiger partial charge < -0.3 is 5.11 Å². The molecule has 0 bridgehead atoms. The fourth-order valence-electron chi connectivity index (χ4n) is 5.27. The number of phenols is 1. The molecule has 2 aliphatic rings. The third-order valence-electron chi connectivity index (χ3n) is 6.87. The van der Waals surface area contributed by atoms with Gasteiger partial charge in [-0.3, -0.25) is 0 Å². The molecule has 4 rings (SSSR count). The molecule has 0 spiro atoms. The Morgan fingerprint density at radius 3 is 1.85 bits per heavy atom. The van der Waals surface area contributed by atoms with Crippen LogP contribution in [0, 0.1) is 0 Å². The average Bonchev–Trinajstić information content (AvgIpc) is 2.70. The molecular formula is C26H34O. The first-order valence-corrected chi connectivity index (χ1v) is 11.2. The molecule has 2 aliphatic carbocycles. The molecule has 0 heterocycles. The van der Waals surface area contributed by atoms with Crippen molar-refractivity contribution in [1.29, 1.82) is 0 Å². The van der Waals surface area contributed by atoms with Crippen LogP contribution in [0.1, 0.15) is 100 Å². The molecule has 0 amide bonds. The highest BCUT2D eigenvalue weighted by molar-refractivity contribution is 5.73. The van der Waals surface area contributed by atoms with Crippen molar-refractivity contribution in [2.75, 3.05) is 0 Å². The predicted octanol–water partition coefficient (Wildman–Crippen LogP) is 7.93. The molecule has 1 heteroatoms. The van der Waals surface area contributed by atoms with Crippen LogP contribution in [0.25, 0.3) is 11.1 Å². The maximum absolute atomic E-state index is 11.2. The minimum Gasteiger partial charge on any atom is -0.507 e. The summed E-state index contributed by atoms with van der Waals surface area (Å²) in [5.41, 5.74) is 4.91. The maximum Gasteiger partial charge on any atom is 0.126 e. The zero-order chi connectivity index (χ0) is 18.5. The van der Waals surface area contributed by atoms with Gasteiger partial charge in [-0.1, -0.05) is 87.8 Å². The van der Waals surface area contributed by atoms with E-state index in [4.69, 9.17) is 0 Å². The third kappa shape index (κ3) is 4.39. The second kappa shape index (κ2) is 8.95. The van der Waals surface area contributed by atoms with Gasteiger partial charge in [-0.05, 0) is 60.3 Å². The quantitative estimate of drug-likeness (QED) is 0.587. The lowest BCUT2D eigenvalue weighted by Gasteiger charge is -2.27. The van der Waals surface area contributed by atoms with Gasteiger partial charge in [0.1, 0.15) is 5.75 Å². The summed E-state index contributed by atoms with van der Waals surface area (Å²) >= 11 is 0. The number of benzene rings is 2. The zero-order valence-electron chi connectivity index (χ0n) is 16.6. The van der Waals surface area contributed by atoms with Crippen molar-refractivity contribution in [2.24, 2.45) is 0 Å². The Balaban J connectivity index is 1.75. The highest BCUT2D eigenvalue weighted by atomic mass is 16.3. The number of aromatic hydroxyl groups is 1. The first-order valence-electron chi connectivity index (χ1n) is 11.2. The molecule has 144 valence electrons. The second-order valence-corrected chi connectivity index (χ2v) is 8.75. The molecule has 0 saturated heterocycles. The van der Waals surface area contributed by atoms with Crippen LogP contribution in [0.2, 0.25) is 0 Å². The third-order valence-corrected chi connectivity index (χ3v) is 6.87. The van der Waals surface area contributed by atoms with Gasteiger partial charge in [-0.15, -0.1) is 0 Å². The Morgan fingerprint density at radius 1 is 0.630 bits per heavy atom. The molecule has 1 N–H and O–H groups in total. The van der Waals surface area contributed by atoms with Crippen molar-refractivity contribution in [1.82, 2.24) is 0 Å². The summed E-state index contributed by atoms with van der Waals surface area (Å²) in [5.74, 6) is 1.74. The summed E-state index contributed by atoms with van der Waals surface area (Å²) < 4.78 is 0. The van der Waals surface area contributed by atoms with Crippen LogP contribution in [0.15, 0.2) is 42.5 Å². The molecule has 0 aromatic heterocycles. The van der Waals surface area contributed by atoms with Gasteiger partial charge in [0.25, 0.3) is 0 Å². The highest BCUT2D eigenvalue weighted by Gasteiger charge is 2.24. The Bertz CT molecular complexity index is 719. The molecule has 1 nitrogen and oxygen atoms in total. The number of hydrogen-bond acceptors (Lipinski definition) is 1. The standard InChI is InChI=1S/C26H34O/c27-26-24(21-14-8-4-9-15-21)18-23(20-12-6-2-1-3-7-13-20)19-25(26)22-16-10-5-11-17-22/h4,8-9,14-15,18-20,22,27H,1-3,5-7,10-13,16-17H2. The van der Waals surface area contributed by atoms with Crippen molar-refractivity contribution in [2.45, 2.75) is 88.9 Å². The van der Waals surface area contributed by atoms with Crippen molar-refractivity contribution in [3.63, 3.8) is 0 Å². The molecule has 27 heavy (non-hydrogen) atoms. The second-order valence-electron chi connectivity index (χ2n) is 8.75. The SMILES string of the molecule is Oc1c(-c2ccccc2)cc(C2CCCCCCC2)cc1C1CCCCC1. The van der Waals surface area contributed by atoms with Gasteiger partial charge >= 0.3 is 0 Å². The number of hydrogen-bond donors (Lipinski definition) is 1. The summed E-state index contributed by atoms with van der Waals surface area (Å²) in [5, 5.41) is 11.2. The summed E-state index contributed by atoms with van der Waals surface area (Å²) in [7, 11) is 0. The maximum atomic E-state index is 11.2. The van der Waals surface area contributed by atoms with Crippen molar-refractivity contribution in [3.05, 3.63) is 53.6 Å². The fraction of sp³-hybridized carbons (Fsp3) is 0.538. The predicted molar refractivity (Wildman–Crippen MR) is 114 cm³/mol. The van der Waals surface area contributed by atoms with Gasteiger partial charge in [0.2, 0.25) is 0 Å². The average molecular weight is 363 g/mol. The van der Waals surface area contributed by atoms with Crippen molar-refractivity contribution < 1.29 is 5.11 Å². The zero-order valence-corrected chi connectivity index (χ0v) is 16.6. The molecule has 2 fully saturated rings. The lowest BCUT2D eigenvalue weighted by molar-refractivity contribution is 0.413. The lowest BCUT2D eigenvalue weighted by atomic mass is 9.78. The van der Waals surface area contributed by atoms with Gasteiger partial charge in [-0.25, -0.2) is 0 Å². The minimum absolute atomic E-state index is 0.537. The van der Waals surface area contributed by atoms with Gasteiger partial charge in [0.15, 0.2) is 0 Å². The van der Waals surface area contributed by atoms with E-state index in [0.717, 1.165) is 11.1 Å². The van der Waals surface area contributed by atoms with E-state index in [1.807, 2.05) is 0 Å². The summed E-state index contributed by atoms with van der Waals surface area (Å²) in [6.07, 6.45) is 15.9. The molecule has 0 unspecified atom stereocenters. The molecule has 2 aromatic carbocycles. The number of rotatable bonds is 3. The van der Waals surface area contributed by atoms with Gasteiger partial charge in [0.05, 0.1) is 0 Å². The Morgan fingerprint density at radius 2 is 1.19 bits per heavy atom. The summed E-state index contributed by atoms with van der Waals surface area (Å²) in [6, 6.07) is 15.2. The van der Waals surface area contributed by atoms with Crippen LogP contribution >= 0.6 is 0 Å². The molecule has 0 aliphatic heterocycles. The van der Waals surface area contributed by atoms with E-state index in [0.29, 0.717) is 17.6 Å². The lowest BCUT2D eigenvalue weighted by Crippen LogP contribution is -2.08. The van der Waals surface area contributed by atoms with Crippen LogP contribution in [0.3, 0.4) is 0 Å². The van der Waals surface area contributed by atoms with E-state index in [2.05, 4.69) is 42.5 Å². The van der Waals surface area contributed by atoms with E-state index >= 15 is 0 Å². The molecule has 2 saturated carbocycles. The Labute approximate surface area is 164 Å². The van der Waals surface area contributed by atoms with Crippen LogP contribution in [0.5, 0.6) is 5.75 Å². The van der Waals surface area contributed by atoms with Crippen molar-refractivity contribution >= 4 is 0 Å². The minimum atomic E-state index is 0.537. The fourth-order valence-corrected chi connectivity index (χ4v) is 5.27. The van der Waals surface area contributed by atoms with Crippen LogP contribution in [-0.2, 0) is 0 Å². The van der Waals surface area contributed by atoms with Crippen LogP contribution in [0.4, 0.5) is 0 Å². The van der Waals surface area contributed by atoms with E-state index < -0.39 is 0 Å². The van der Waals surface area contributed by atoms with Gasteiger partial charge in [0, 0.05) is 5.56 Å². The van der Waals surface area contributed by atoms with Gasteiger partial charge in [-0.2, -0.15) is 0 Å². The number of phenolic OH excluding ortho intramolecular Hbond substituents is 1. The first kappa shape index (κ1) is 18.6. The van der Waals surface area contributed by atoms with Crippen molar-refractivity contribution in [3.8, 4) is 16.9 Å². The Kier molecular flexibility index (Phi) is 6.17.